The van der Waals surface area contributed by atoms with Crippen molar-refractivity contribution < 1.29 is 28.7 Å². The van der Waals surface area contributed by atoms with Gasteiger partial charge in [0, 0.05) is 38.1 Å². The average molecular weight is 480 g/mol. The topological polar surface area (TPSA) is 96.5 Å². The molecule has 180 valence electrons. The molecule has 1 aromatic carbocycles. The standard InChI is InChI=1S/C23H30ClN3O6/c1-4-33-23(31)15-6-5-9-26(12-15)21(29)14-25(2)22(30)16-10-20(28)27(13-16)18-11-17(24)7-8-19(18)32-3/h7-8,11,15-16H,4-6,9-10,12-14H2,1-3H3. The molecule has 0 N–H and O–H groups in total. The van der Waals surface area contributed by atoms with Crippen LogP contribution in [0, 0.1) is 11.8 Å². The Morgan fingerprint density at radius 2 is 1.97 bits per heavy atom. The van der Waals surface area contributed by atoms with Crippen molar-refractivity contribution in [3.63, 3.8) is 0 Å². The Hall–Kier alpha value is -2.81. The van der Waals surface area contributed by atoms with E-state index in [2.05, 4.69) is 0 Å². The average Bonchev–Trinajstić information content (AvgIpc) is 3.20. The minimum atomic E-state index is -0.576. The van der Waals surface area contributed by atoms with E-state index in [1.54, 1.807) is 37.1 Å². The number of benzene rings is 1. The van der Waals surface area contributed by atoms with Crippen LogP contribution in [0.1, 0.15) is 26.2 Å². The zero-order valence-electron chi connectivity index (χ0n) is 19.2. The molecule has 0 spiro atoms. The van der Waals surface area contributed by atoms with Crippen molar-refractivity contribution in [1.82, 2.24) is 9.80 Å². The maximum Gasteiger partial charge on any atom is 0.310 e. The zero-order chi connectivity index (χ0) is 24.1. The fourth-order valence-corrected chi connectivity index (χ4v) is 4.49. The van der Waals surface area contributed by atoms with E-state index in [4.69, 9.17) is 21.1 Å². The van der Waals surface area contributed by atoms with Gasteiger partial charge in [0.1, 0.15) is 5.75 Å². The van der Waals surface area contributed by atoms with Gasteiger partial charge in [0.05, 0.1) is 37.8 Å². The van der Waals surface area contributed by atoms with E-state index >= 15 is 0 Å². The summed E-state index contributed by atoms with van der Waals surface area (Å²) in [6.45, 7) is 2.96. The first-order chi connectivity index (χ1) is 15.7. The predicted octanol–water partition coefficient (Wildman–Crippen LogP) is 1.96. The van der Waals surface area contributed by atoms with Crippen LogP contribution >= 0.6 is 11.6 Å². The van der Waals surface area contributed by atoms with E-state index in [-0.39, 0.29) is 49.1 Å². The third kappa shape index (κ3) is 5.76. The number of anilines is 1. The van der Waals surface area contributed by atoms with Crippen LogP contribution in [0.25, 0.3) is 0 Å². The highest BCUT2D eigenvalue weighted by Gasteiger charge is 2.38. The second kappa shape index (κ2) is 10.9. The summed E-state index contributed by atoms with van der Waals surface area (Å²) < 4.78 is 10.4. The van der Waals surface area contributed by atoms with Gasteiger partial charge >= 0.3 is 5.97 Å². The zero-order valence-corrected chi connectivity index (χ0v) is 20.0. The van der Waals surface area contributed by atoms with Gasteiger partial charge in [-0.1, -0.05) is 11.6 Å². The number of halogens is 1. The highest BCUT2D eigenvalue weighted by Crippen LogP contribution is 2.35. The molecule has 0 aliphatic carbocycles. The second-order valence-corrected chi connectivity index (χ2v) is 8.78. The first-order valence-electron chi connectivity index (χ1n) is 11.1. The molecule has 10 heteroatoms. The molecule has 9 nitrogen and oxygen atoms in total. The highest BCUT2D eigenvalue weighted by molar-refractivity contribution is 6.31. The number of amides is 3. The number of likely N-dealkylation sites (N-methyl/N-ethyl adjacent to an activating group) is 1. The molecule has 0 aromatic heterocycles. The molecule has 3 rings (SSSR count). The second-order valence-electron chi connectivity index (χ2n) is 8.35. The molecule has 3 amide bonds. The normalized spacial score (nSPS) is 20.5. The maximum absolute atomic E-state index is 13.0. The number of ether oxygens (including phenoxy) is 2. The summed E-state index contributed by atoms with van der Waals surface area (Å²) in [5.41, 5.74) is 0.516. The Kier molecular flexibility index (Phi) is 8.18. The molecule has 1 aromatic rings. The number of rotatable bonds is 7. The molecule has 2 fully saturated rings. The third-order valence-corrected chi connectivity index (χ3v) is 6.28. The van der Waals surface area contributed by atoms with Crippen LogP contribution in [0.2, 0.25) is 5.02 Å². The van der Waals surface area contributed by atoms with Crippen molar-refractivity contribution in [3.8, 4) is 5.75 Å². The van der Waals surface area contributed by atoms with Crippen molar-refractivity contribution in [3.05, 3.63) is 23.2 Å². The molecule has 0 radical (unpaired) electrons. The van der Waals surface area contributed by atoms with Gasteiger partial charge in [0.15, 0.2) is 0 Å². The summed E-state index contributed by atoms with van der Waals surface area (Å²) in [4.78, 5) is 55.0. The number of likely N-dealkylation sites (tertiary alicyclic amines) is 1. The Labute approximate surface area is 198 Å². The molecular weight excluding hydrogens is 450 g/mol. The Bertz CT molecular complexity index is 923. The van der Waals surface area contributed by atoms with E-state index in [9.17, 15) is 19.2 Å². The molecule has 2 aliphatic rings. The van der Waals surface area contributed by atoms with E-state index in [1.807, 2.05) is 0 Å². The van der Waals surface area contributed by atoms with Gasteiger partial charge in [0.2, 0.25) is 17.7 Å². The van der Waals surface area contributed by atoms with Gasteiger partial charge in [-0.15, -0.1) is 0 Å². The number of carbonyl (C=O) groups is 4. The Morgan fingerprint density at radius 1 is 1.21 bits per heavy atom. The van der Waals surface area contributed by atoms with Gasteiger partial charge in [-0.3, -0.25) is 19.2 Å². The highest BCUT2D eigenvalue weighted by atomic mass is 35.5. The van der Waals surface area contributed by atoms with Crippen molar-refractivity contribution in [1.29, 1.82) is 0 Å². The van der Waals surface area contributed by atoms with Crippen LogP contribution in [-0.2, 0) is 23.9 Å². The number of methoxy groups -OCH3 is 1. The third-order valence-electron chi connectivity index (χ3n) is 6.05. The molecule has 33 heavy (non-hydrogen) atoms. The molecule has 0 bridgehead atoms. The number of carbonyl (C=O) groups excluding carboxylic acids is 4. The molecule has 0 saturated carbocycles. The van der Waals surface area contributed by atoms with E-state index < -0.39 is 5.92 Å². The summed E-state index contributed by atoms with van der Waals surface area (Å²) in [6.07, 6.45) is 1.44. The largest absolute Gasteiger partial charge is 0.495 e. The lowest BCUT2D eigenvalue weighted by molar-refractivity contribution is -0.152. The number of esters is 1. The SMILES string of the molecule is CCOC(=O)C1CCCN(C(=O)CN(C)C(=O)C2CC(=O)N(c3cc(Cl)ccc3OC)C2)C1. The minimum absolute atomic E-state index is 0.0433. The molecule has 2 saturated heterocycles. The summed E-state index contributed by atoms with van der Waals surface area (Å²) >= 11 is 6.09. The molecule has 2 heterocycles. The van der Waals surface area contributed by atoms with Gasteiger partial charge in [-0.2, -0.15) is 0 Å². The summed E-state index contributed by atoms with van der Waals surface area (Å²) in [6, 6.07) is 4.97. The number of piperidine rings is 1. The van der Waals surface area contributed by atoms with Crippen LogP contribution < -0.4 is 9.64 Å². The smallest absolute Gasteiger partial charge is 0.310 e. The van der Waals surface area contributed by atoms with Crippen molar-refractivity contribution in [2.24, 2.45) is 11.8 Å². The summed E-state index contributed by atoms with van der Waals surface area (Å²) in [5.74, 6) is -1.42. The fourth-order valence-electron chi connectivity index (χ4n) is 4.33. The first-order valence-corrected chi connectivity index (χ1v) is 11.5. The van der Waals surface area contributed by atoms with Gasteiger partial charge < -0.3 is 24.2 Å². The molecule has 2 aliphatic heterocycles. The van der Waals surface area contributed by atoms with Gasteiger partial charge in [-0.25, -0.2) is 0 Å². The quantitative estimate of drug-likeness (QED) is 0.555. The van der Waals surface area contributed by atoms with Crippen molar-refractivity contribution in [2.75, 3.05) is 51.8 Å². The van der Waals surface area contributed by atoms with Crippen molar-refractivity contribution in [2.45, 2.75) is 26.2 Å². The van der Waals surface area contributed by atoms with Crippen molar-refractivity contribution >= 4 is 41.0 Å². The number of hydrogen-bond donors (Lipinski definition) is 0. The Balaban J connectivity index is 1.60. The predicted molar refractivity (Wildman–Crippen MR) is 122 cm³/mol. The summed E-state index contributed by atoms with van der Waals surface area (Å²) in [7, 11) is 3.06. The lowest BCUT2D eigenvalue weighted by Crippen LogP contribution is -2.48. The maximum atomic E-state index is 13.0. The Morgan fingerprint density at radius 3 is 2.67 bits per heavy atom. The van der Waals surface area contributed by atoms with E-state index in [0.717, 1.165) is 0 Å². The van der Waals surface area contributed by atoms with E-state index in [0.29, 0.717) is 49.0 Å². The lowest BCUT2D eigenvalue weighted by atomic mass is 9.98. The minimum Gasteiger partial charge on any atom is -0.495 e. The van der Waals surface area contributed by atoms with Crippen LogP contribution in [-0.4, -0.2) is 80.4 Å². The van der Waals surface area contributed by atoms with Crippen LogP contribution in [0.4, 0.5) is 5.69 Å². The molecule has 2 unspecified atom stereocenters. The van der Waals surface area contributed by atoms with Gasteiger partial charge in [0.25, 0.3) is 0 Å². The van der Waals surface area contributed by atoms with Crippen LogP contribution in [0.5, 0.6) is 5.75 Å². The molecule has 2 atom stereocenters. The number of nitrogens with zero attached hydrogens (tertiary/aromatic N) is 3. The number of hydrogen-bond acceptors (Lipinski definition) is 6. The monoisotopic (exact) mass is 479 g/mol. The first kappa shape index (κ1) is 24.8. The van der Waals surface area contributed by atoms with Gasteiger partial charge in [-0.05, 0) is 38.0 Å². The molecular formula is C23H30ClN3O6. The fraction of sp³-hybridized carbons (Fsp3) is 0.565. The summed E-state index contributed by atoms with van der Waals surface area (Å²) in [5, 5.41) is 0.457. The van der Waals surface area contributed by atoms with Crippen LogP contribution in [0.15, 0.2) is 18.2 Å². The lowest BCUT2D eigenvalue weighted by Gasteiger charge is -2.33. The van der Waals surface area contributed by atoms with E-state index in [1.165, 1.54) is 16.9 Å². The van der Waals surface area contributed by atoms with Crippen LogP contribution in [0.3, 0.4) is 0 Å².